The van der Waals surface area contributed by atoms with Gasteiger partial charge in [-0.1, -0.05) is 32.0 Å². The number of hydrogen-bond donors (Lipinski definition) is 2. The Labute approximate surface area is 309 Å². The molecule has 53 heavy (non-hydrogen) atoms. The SMILES string of the molecule is CC(=O)O[C@@]12CO[C@@H]1C[C@H](OC(=O)OC(C)(C)C)[C@@]1(C)C(=O)[C@H](OC(=O)OC(C)(C)C)C3=C(C)[C@@H](O)C[C@@](O)([C@@H](OC(=O)c4ccccc4)[C@H]21)C3(C)C. The van der Waals surface area contributed by atoms with Crippen molar-refractivity contribution in [1.82, 2.24) is 0 Å². The third-order valence-corrected chi connectivity index (χ3v) is 11.1. The molecule has 1 aliphatic heterocycles. The predicted octanol–water partition coefficient (Wildman–Crippen LogP) is 5.00. The van der Waals surface area contributed by atoms with Crippen LogP contribution in [0.5, 0.6) is 0 Å². The summed E-state index contributed by atoms with van der Waals surface area (Å²) in [6, 6.07) is 7.96. The van der Waals surface area contributed by atoms with Crippen LogP contribution >= 0.6 is 0 Å². The number of hydrogen-bond acceptors (Lipinski definition) is 14. The number of rotatable bonds is 5. The first-order valence-corrected chi connectivity index (χ1v) is 17.8. The summed E-state index contributed by atoms with van der Waals surface area (Å²) in [4.78, 5) is 69.7. The number of aliphatic hydroxyl groups is 2. The van der Waals surface area contributed by atoms with E-state index in [1.807, 2.05) is 0 Å². The second kappa shape index (κ2) is 13.4. The lowest BCUT2D eigenvalue weighted by molar-refractivity contribution is -0.346. The minimum atomic E-state index is -2.25. The molecule has 3 aliphatic carbocycles. The number of esters is 2. The molecular formula is C39H52O14. The Morgan fingerprint density at radius 2 is 1.45 bits per heavy atom. The molecule has 292 valence electrons. The lowest BCUT2D eigenvalue weighted by Gasteiger charge is -2.67. The van der Waals surface area contributed by atoms with E-state index in [4.69, 9.17) is 33.2 Å². The first-order valence-electron chi connectivity index (χ1n) is 17.8. The van der Waals surface area contributed by atoms with Crippen molar-refractivity contribution in [3.05, 3.63) is 47.0 Å². The summed E-state index contributed by atoms with van der Waals surface area (Å²) >= 11 is 0. The summed E-state index contributed by atoms with van der Waals surface area (Å²) in [6.45, 7) is 16.8. The van der Waals surface area contributed by atoms with Crippen molar-refractivity contribution in [2.45, 2.75) is 142 Å². The predicted molar refractivity (Wildman–Crippen MR) is 185 cm³/mol. The van der Waals surface area contributed by atoms with E-state index in [9.17, 15) is 29.4 Å². The van der Waals surface area contributed by atoms with Gasteiger partial charge in [-0.3, -0.25) is 9.59 Å². The average Bonchev–Trinajstić information content (AvgIpc) is 3.00. The minimum Gasteiger partial charge on any atom is -0.455 e. The van der Waals surface area contributed by atoms with Gasteiger partial charge in [-0.25, -0.2) is 14.4 Å². The van der Waals surface area contributed by atoms with Gasteiger partial charge in [0, 0.05) is 25.2 Å². The van der Waals surface area contributed by atoms with Gasteiger partial charge in [0.05, 0.1) is 29.6 Å². The molecule has 0 aromatic heterocycles. The molecule has 0 unspecified atom stereocenters. The van der Waals surface area contributed by atoms with E-state index in [1.54, 1.807) is 80.5 Å². The Balaban J connectivity index is 1.84. The molecule has 4 aliphatic rings. The normalized spacial score (nSPS) is 34.8. The fourth-order valence-corrected chi connectivity index (χ4v) is 8.65. The van der Waals surface area contributed by atoms with Crippen LogP contribution in [-0.4, -0.2) is 99.8 Å². The molecule has 9 atom stereocenters. The smallest absolute Gasteiger partial charge is 0.455 e. The topological polar surface area (TPSA) is 190 Å². The molecule has 1 aromatic rings. The van der Waals surface area contributed by atoms with Crippen LogP contribution < -0.4 is 0 Å². The van der Waals surface area contributed by atoms with Gasteiger partial charge in [0.15, 0.2) is 17.5 Å². The van der Waals surface area contributed by atoms with Gasteiger partial charge < -0.3 is 43.4 Å². The monoisotopic (exact) mass is 744 g/mol. The summed E-state index contributed by atoms with van der Waals surface area (Å²) in [5.74, 6) is -4.02. The largest absolute Gasteiger partial charge is 0.509 e. The summed E-state index contributed by atoms with van der Waals surface area (Å²) in [5, 5.41) is 24.9. The number of fused-ring (bicyclic) bond motifs is 5. The summed E-state index contributed by atoms with van der Waals surface area (Å²) in [6.07, 6.45) is -10.4. The molecule has 1 heterocycles. The molecule has 1 aromatic carbocycles. The van der Waals surface area contributed by atoms with Crippen molar-refractivity contribution in [2.75, 3.05) is 6.61 Å². The fourth-order valence-electron chi connectivity index (χ4n) is 8.65. The Hall–Kier alpha value is -4.01. The highest BCUT2D eigenvalue weighted by Crippen LogP contribution is 2.64. The quantitative estimate of drug-likeness (QED) is 0.233. The molecule has 0 amide bonds. The third kappa shape index (κ3) is 6.93. The molecule has 2 bridgehead atoms. The number of benzene rings is 1. The van der Waals surface area contributed by atoms with Crippen LogP contribution in [0.25, 0.3) is 0 Å². The number of ether oxygens (including phenoxy) is 7. The van der Waals surface area contributed by atoms with E-state index in [-0.39, 0.29) is 29.7 Å². The van der Waals surface area contributed by atoms with Gasteiger partial charge in [0.2, 0.25) is 0 Å². The second-order valence-corrected chi connectivity index (χ2v) is 17.3. The van der Waals surface area contributed by atoms with E-state index >= 15 is 4.79 Å². The number of aliphatic hydroxyl groups excluding tert-OH is 1. The van der Waals surface area contributed by atoms with Crippen LogP contribution in [0, 0.1) is 16.7 Å². The average molecular weight is 745 g/mol. The molecule has 2 saturated carbocycles. The van der Waals surface area contributed by atoms with Gasteiger partial charge in [-0.15, -0.1) is 0 Å². The molecule has 0 spiro atoms. The van der Waals surface area contributed by atoms with Crippen LogP contribution in [0.15, 0.2) is 41.5 Å². The van der Waals surface area contributed by atoms with Crippen LogP contribution in [-0.2, 0) is 42.7 Å². The first kappa shape index (κ1) is 40.2. The zero-order valence-corrected chi connectivity index (χ0v) is 32.3. The second-order valence-electron chi connectivity index (χ2n) is 17.3. The van der Waals surface area contributed by atoms with E-state index in [0.29, 0.717) is 0 Å². The van der Waals surface area contributed by atoms with E-state index < -0.39 is 106 Å². The minimum absolute atomic E-state index is 0.0413. The zero-order chi connectivity index (χ0) is 39.7. The number of ketones is 1. The van der Waals surface area contributed by atoms with Crippen LogP contribution in [0.2, 0.25) is 0 Å². The molecule has 1 saturated heterocycles. The van der Waals surface area contributed by atoms with Crippen molar-refractivity contribution in [2.24, 2.45) is 16.7 Å². The molecule has 14 nitrogen and oxygen atoms in total. The molecule has 3 fully saturated rings. The number of Topliss-reactive ketones (excluding diaryl/α,β-unsaturated/α-hetero) is 1. The Morgan fingerprint density at radius 1 is 0.887 bits per heavy atom. The lowest BCUT2D eigenvalue weighted by atomic mass is 9.44. The molecule has 14 heteroatoms. The van der Waals surface area contributed by atoms with E-state index in [0.717, 1.165) is 0 Å². The number of carbonyl (C=O) groups is 5. The highest BCUT2D eigenvalue weighted by molar-refractivity contribution is 5.95. The summed E-state index contributed by atoms with van der Waals surface area (Å²) in [5.41, 5.74) is -9.32. The van der Waals surface area contributed by atoms with Crippen molar-refractivity contribution in [1.29, 1.82) is 0 Å². The van der Waals surface area contributed by atoms with Gasteiger partial charge in [-0.05, 0) is 78.7 Å². The standard InChI is InChI=1S/C39H52O14/c1-20-23(41)18-39(46)30(50-31(43)22-15-13-12-14-16-22)28-37(11,29(42)27(26(20)36(39,9)10)49-33(45)53-35(6,7)8)24(48-32(44)52-34(3,4)5)17-25-38(28,19-47-25)51-21(2)40/h12-16,23-25,27-28,30,41,46H,17-19H2,1-11H3/t23-,24-,25+,27+,28-,30-,37+,38-,39+/m0/s1. The molecule has 0 radical (unpaired) electrons. The molecular weight excluding hydrogens is 692 g/mol. The highest BCUT2D eigenvalue weighted by Gasteiger charge is 2.79. The van der Waals surface area contributed by atoms with E-state index in [1.165, 1.54) is 26.0 Å². The maximum Gasteiger partial charge on any atom is 0.509 e. The molecule has 5 rings (SSSR count). The Kier molecular flexibility index (Phi) is 10.1. The third-order valence-electron chi connectivity index (χ3n) is 11.1. The highest BCUT2D eigenvalue weighted by atomic mass is 16.7. The summed E-state index contributed by atoms with van der Waals surface area (Å²) in [7, 11) is 0. The van der Waals surface area contributed by atoms with Gasteiger partial charge in [0.1, 0.15) is 35.1 Å². The summed E-state index contributed by atoms with van der Waals surface area (Å²) < 4.78 is 41.3. The van der Waals surface area contributed by atoms with Crippen molar-refractivity contribution in [3.63, 3.8) is 0 Å². The van der Waals surface area contributed by atoms with Crippen LogP contribution in [0.4, 0.5) is 9.59 Å². The van der Waals surface area contributed by atoms with Gasteiger partial charge >= 0.3 is 24.2 Å². The van der Waals surface area contributed by atoms with Crippen molar-refractivity contribution >= 4 is 30.0 Å². The van der Waals surface area contributed by atoms with Crippen LogP contribution in [0.1, 0.15) is 99.4 Å². The van der Waals surface area contributed by atoms with Crippen molar-refractivity contribution < 1.29 is 67.3 Å². The maximum atomic E-state index is 15.7. The first-order chi connectivity index (χ1) is 24.3. The van der Waals surface area contributed by atoms with Crippen LogP contribution in [0.3, 0.4) is 0 Å². The van der Waals surface area contributed by atoms with Crippen molar-refractivity contribution in [3.8, 4) is 0 Å². The maximum absolute atomic E-state index is 15.7. The zero-order valence-electron chi connectivity index (χ0n) is 32.3. The lowest BCUT2D eigenvalue weighted by Crippen LogP contribution is -2.82. The van der Waals surface area contributed by atoms with Gasteiger partial charge in [-0.2, -0.15) is 0 Å². The number of carbonyl (C=O) groups excluding carboxylic acids is 5. The fraction of sp³-hybridized carbons (Fsp3) is 0.667. The molecule has 2 N–H and O–H groups in total. The Morgan fingerprint density at radius 3 is 1.96 bits per heavy atom. The van der Waals surface area contributed by atoms with Gasteiger partial charge in [0.25, 0.3) is 0 Å². The van der Waals surface area contributed by atoms with E-state index in [2.05, 4.69) is 0 Å². The Bertz CT molecular complexity index is 1680.